The highest BCUT2D eigenvalue weighted by Crippen LogP contribution is 2.31. The van der Waals surface area contributed by atoms with Gasteiger partial charge < -0.3 is 10.2 Å². The van der Waals surface area contributed by atoms with Crippen LogP contribution >= 0.6 is 46.4 Å². The number of carbonyl (C=O) groups is 2. The van der Waals surface area contributed by atoms with Crippen molar-refractivity contribution in [3.8, 4) is 0 Å². The van der Waals surface area contributed by atoms with E-state index in [0.717, 1.165) is 41.8 Å². The Hall–Kier alpha value is -1.71. The van der Waals surface area contributed by atoms with Crippen molar-refractivity contribution in [3.63, 3.8) is 0 Å². The molecule has 1 unspecified atom stereocenters. The maximum absolute atomic E-state index is 13.4. The molecular formula is C26H31Cl4N3O4S. The third-order valence-electron chi connectivity index (χ3n) is 6.53. The molecule has 0 heterocycles. The highest BCUT2D eigenvalue weighted by atomic mass is 35.5. The molecule has 1 N–H and O–H groups in total. The Labute approximate surface area is 244 Å². The Balaban J connectivity index is 1.76. The number of anilines is 1. The van der Waals surface area contributed by atoms with Gasteiger partial charge >= 0.3 is 0 Å². The Morgan fingerprint density at radius 1 is 1.00 bits per heavy atom. The van der Waals surface area contributed by atoms with Crippen LogP contribution in [0.15, 0.2) is 36.4 Å². The van der Waals surface area contributed by atoms with Crippen LogP contribution in [0.5, 0.6) is 0 Å². The van der Waals surface area contributed by atoms with Gasteiger partial charge in [-0.25, -0.2) is 8.42 Å². The van der Waals surface area contributed by atoms with Gasteiger partial charge in [-0.2, -0.15) is 0 Å². The van der Waals surface area contributed by atoms with Crippen LogP contribution in [0, 0.1) is 0 Å². The molecule has 0 spiro atoms. The van der Waals surface area contributed by atoms with Crippen LogP contribution in [-0.4, -0.2) is 50.0 Å². The molecule has 0 radical (unpaired) electrons. The van der Waals surface area contributed by atoms with Crippen molar-refractivity contribution in [2.24, 2.45) is 0 Å². The number of nitrogens with zero attached hydrogens (tertiary/aromatic N) is 2. The van der Waals surface area contributed by atoms with E-state index >= 15 is 0 Å². The molecule has 1 aliphatic carbocycles. The highest BCUT2D eigenvalue weighted by Gasteiger charge is 2.29. The predicted molar refractivity (Wildman–Crippen MR) is 155 cm³/mol. The summed E-state index contributed by atoms with van der Waals surface area (Å²) in [5.74, 6) is -0.524. The molecule has 38 heavy (non-hydrogen) atoms. The van der Waals surface area contributed by atoms with Crippen LogP contribution in [0.2, 0.25) is 20.1 Å². The molecule has 0 saturated heterocycles. The fourth-order valence-electron chi connectivity index (χ4n) is 4.47. The Kier molecular flexibility index (Phi) is 11.0. The Morgan fingerprint density at radius 2 is 1.66 bits per heavy atom. The van der Waals surface area contributed by atoms with Crippen LogP contribution in [0.4, 0.5) is 5.69 Å². The van der Waals surface area contributed by atoms with Crippen LogP contribution < -0.4 is 9.62 Å². The average Bonchev–Trinajstić information content (AvgIpc) is 3.36. The van der Waals surface area contributed by atoms with Gasteiger partial charge in [0.1, 0.15) is 6.04 Å². The summed E-state index contributed by atoms with van der Waals surface area (Å²) < 4.78 is 26.2. The lowest BCUT2D eigenvalue weighted by atomic mass is 10.1. The summed E-state index contributed by atoms with van der Waals surface area (Å²) in [6.45, 7) is 1.84. The zero-order valence-electron chi connectivity index (χ0n) is 21.2. The minimum absolute atomic E-state index is 0.00652. The van der Waals surface area contributed by atoms with Gasteiger partial charge in [0.2, 0.25) is 21.8 Å². The number of rotatable bonds is 11. The van der Waals surface area contributed by atoms with E-state index in [4.69, 9.17) is 46.4 Å². The quantitative estimate of drug-likeness (QED) is 0.318. The number of carbonyl (C=O) groups excluding carboxylic acids is 2. The second-order valence-electron chi connectivity index (χ2n) is 9.47. The van der Waals surface area contributed by atoms with E-state index in [1.54, 1.807) is 31.2 Å². The molecule has 0 aliphatic heterocycles. The van der Waals surface area contributed by atoms with Crippen molar-refractivity contribution in [3.05, 3.63) is 62.1 Å². The predicted octanol–water partition coefficient (Wildman–Crippen LogP) is 6.32. The first kappa shape index (κ1) is 30.8. The van der Waals surface area contributed by atoms with Crippen LogP contribution in [-0.2, 0) is 26.2 Å². The molecule has 0 bridgehead atoms. The molecule has 3 rings (SSSR count). The standard InChI is InChI=1S/C26H31Cl4N3O4S/c1-17(26(35)31-20-6-3-4-7-20)32(16-18-9-11-21(28)23(30)14-18)25(34)8-5-13-33(38(2,36)37)24-15-19(27)10-12-22(24)29/h9-12,14-15,17,20H,3-8,13,16H2,1-2H3,(H,31,35). The van der Waals surface area contributed by atoms with E-state index in [2.05, 4.69) is 5.32 Å². The lowest BCUT2D eigenvalue weighted by Gasteiger charge is -2.30. The zero-order chi connectivity index (χ0) is 28.0. The van der Waals surface area contributed by atoms with Gasteiger partial charge in [-0.3, -0.25) is 13.9 Å². The van der Waals surface area contributed by atoms with Crippen LogP contribution in [0.25, 0.3) is 0 Å². The molecular weight excluding hydrogens is 592 g/mol. The van der Waals surface area contributed by atoms with Crippen molar-refractivity contribution < 1.29 is 18.0 Å². The molecule has 1 fully saturated rings. The van der Waals surface area contributed by atoms with Crippen molar-refractivity contribution in [2.45, 2.75) is 64.1 Å². The van der Waals surface area contributed by atoms with Crippen LogP contribution in [0.3, 0.4) is 0 Å². The van der Waals surface area contributed by atoms with E-state index in [1.807, 2.05) is 0 Å². The molecule has 2 aromatic carbocycles. The lowest BCUT2D eigenvalue weighted by molar-refractivity contribution is -0.141. The van der Waals surface area contributed by atoms with Crippen LogP contribution in [0.1, 0.15) is 51.0 Å². The summed E-state index contributed by atoms with van der Waals surface area (Å²) >= 11 is 24.5. The normalized spacial score (nSPS) is 14.8. The van der Waals surface area contributed by atoms with Crippen molar-refractivity contribution >= 4 is 73.9 Å². The summed E-state index contributed by atoms with van der Waals surface area (Å²) in [5.41, 5.74) is 0.961. The second-order valence-corrected chi connectivity index (χ2v) is 13.0. The number of hydrogen-bond acceptors (Lipinski definition) is 4. The number of benzene rings is 2. The Bertz CT molecular complexity index is 1270. The fourth-order valence-corrected chi connectivity index (χ4v) is 6.19. The molecule has 12 heteroatoms. The third kappa shape index (κ3) is 8.39. The summed E-state index contributed by atoms with van der Waals surface area (Å²) in [5, 5.41) is 4.35. The minimum atomic E-state index is -3.70. The minimum Gasteiger partial charge on any atom is -0.352 e. The fraction of sp³-hybridized carbons (Fsp3) is 0.462. The maximum atomic E-state index is 13.4. The molecule has 2 aromatic rings. The Morgan fingerprint density at radius 3 is 2.29 bits per heavy atom. The highest BCUT2D eigenvalue weighted by molar-refractivity contribution is 7.92. The van der Waals surface area contributed by atoms with Gasteiger partial charge in [-0.1, -0.05) is 65.3 Å². The van der Waals surface area contributed by atoms with Crippen molar-refractivity contribution in [1.82, 2.24) is 10.2 Å². The first-order chi connectivity index (χ1) is 17.9. The number of halogens is 4. The monoisotopic (exact) mass is 621 g/mol. The summed E-state index contributed by atoms with van der Waals surface area (Å²) in [6.07, 6.45) is 5.25. The summed E-state index contributed by atoms with van der Waals surface area (Å²) in [6, 6.07) is 8.98. The number of nitrogens with one attached hydrogen (secondary N) is 1. The molecule has 1 saturated carbocycles. The SMILES string of the molecule is CC(C(=O)NC1CCCC1)N(Cc1ccc(Cl)c(Cl)c1)C(=O)CCCN(c1cc(Cl)ccc1Cl)S(C)(=O)=O. The maximum Gasteiger partial charge on any atom is 0.242 e. The van der Waals surface area contributed by atoms with Gasteiger partial charge in [0.05, 0.1) is 27.0 Å². The van der Waals surface area contributed by atoms with Gasteiger partial charge in [0, 0.05) is 30.6 Å². The third-order valence-corrected chi connectivity index (χ3v) is 9.01. The first-order valence-electron chi connectivity index (χ1n) is 12.3. The molecule has 0 aromatic heterocycles. The summed E-state index contributed by atoms with van der Waals surface area (Å²) in [7, 11) is -3.70. The van der Waals surface area contributed by atoms with Gasteiger partial charge in [-0.05, 0) is 62.1 Å². The number of amides is 2. The smallest absolute Gasteiger partial charge is 0.242 e. The number of sulfonamides is 1. The largest absolute Gasteiger partial charge is 0.352 e. The number of hydrogen-bond donors (Lipinski definition) is 1. The van der Waals surface area contributed by atoms with Gasteiger partial charge in [0.25, 0.3) is 0 Å². The van der Waals surface area contributed by atoms with Crippen molar-refractivity contribution in [1.29, 1.82) is 0 Å². The topological polar surface area (TPSA) is 86.8 Å². The molecule has 2 amide bonds. The zero-order valence-corrected chi connectivity index (χ0v) is 25.1. The van der Waals surface area contributed by atoms with E-state index in [-0.39, 0.29) is 54.5 Å². The molecule has 208 valence electrons. The molecule has 1 aliphatic rings. The van der Waals surface area contributed by atoms with Gasteiger partial charge in [0.15, 0.2) is 0 Å². The van der Waals surface area contributed by atoms with E-state index in [9.17, 15) is 18.0 Å². The molecule has 1 atom stereocenters. The van der Waals surface area contributed by atoms with E-state index < -0.39 is 16.1 Å². The lowest BCUT2D eigenvalue weighted by Crippen LogP contribution is -2.49. The van der Waals surface area contributed by atoms with Gasteiger partial charge in [-0.15, -0.1) is 0 Å². The van der Waals surface area contributed by atoms with E-state index in [1.165, 1.54) is 17.0 Å². The first-order valence-corrected chi connectivity index (χ1v) is 15.7. The molecule has 7 nitrogen and oxygen atoms in total. The summed E-state index contributed by atoms with van der Waals surface area (Å²) in [4.78, 5) is 28.0. The average molecular weight is 623 g/mol. The van der Waals surface area contributed by atoms with Crippen molar-refractivity contribution in [2.75, 3.05) is 17.1 Å². The second kappa shape index (κ2) is 13.6. The van der Waals surface area contributed by atoms with E-state index in [0.29, 0.717) is 15.1 Å².